The lowest BCUT2D eigenvalue weighted by Gasteiger charge is -2.40. The van der Waals surface area contributed by atoms with Crippen molar-refractivity contribution in [3.8, 4) is 0 Å². The van der Waals surface area contributed by atoms with E-state index in [1.807, 2.05) is 0 Å². The fourth-order valence-corrected chi connectivity index (χ4v) is 25.3. The average Bonchev–Trinajstić information content (AvgIpc) is 2.64. The first-order valence-corrected chi connectivity index (χ1v) is 29.1. The number of rotatable bonds is 23. The maximum atomic E-state index is 6.84. The Morgan fingerprint density at radius 1 is 0.486 bits per heavy atom. The molecule has 0 aromatic heterocycles. The summed E-state index contributed by atoms with van der Waals surface area (Å²) in [5.74, 6) is 0. The topological polar surface area (TPSA) is 36.9 Å². The third-order valence-corrected chi connectivity index (χ3v) is 22.8. The molecule has 0 radical (unpaired) electrons. The average molecular weight is 581 g/mol. The van der Waals surface area contributed by atoms with Crippen LogP contribution in [0.1, 0.15) is 96.8 Å². The summed E-state index contributed by atoms with van der Waals surface area (Å²) < 4.78 is 26.4. The number of hydrogen-bond donors (Lipinski definition) is 0. The first-order valence-electron chi connectivity index (χ1n) is 14.8. The van der Waals surface area contributed by atoms with Crippen molar-refractivity contribution in [3.63, 3.8) is 0 Å². The first kappa shape index (κ1) is 35.9. The van der Waals surface area contributed by atoms with Gasteiger partial charge in [0.05, 0.1) is 0 Å². The van der Waals surface area contributed by atoms with Crippen molar-refractivity contribution >= 4 is 43.0 Å². The Morgan fingerprint density at radius 2 is 0.886 bits per heavy atom. The molecule has 0 bridgehead atoms. The molecule has 0 aromatic rings. The van der Waals surface area contributed by atoms with Crippen LogP contribution in [0.5, 0.6) is 0 Å². The molecule has 0 aliphatic rings. The van der Waals surface area contributed by atoms with E-state index in [0.717, 1.165) is 6.04 Å². The highest BCUT2D eigenvalue weighted by Gasteiger charge is 2.43. The van der Waals surface area contributed by atoms with E-state index in [0.29, 0.717) is 0 Å². The minimum atomic E-state index is -2.33. The molecule has 0 aliphatic heterocycles. The molecule has 0 aromatic carbocycles. The monoisotopic (exact) mass is 580 g/mol. The molecule has 0 saturated carbocycles. The summed E-state index contributed by atoms with van der Waals surface area (Å²) in [5.41, 5.74) is 0. The molecule has 0 saturated heterocycles. The van der Waals surface area contributed by atoms with Gasteiger partial charge in [-0.3, -0.25) is 0 Å². The van der Waals surface area contributed by atoms with Crippen LogP contribution in [0, 0.1) is 0 Å². The molecular formula is C26H64O4Si5. The predicted molar refractivity (Wildman–Crippen MR) is 168 cm³/mol. The normalized spacial score (nSPS) is 15.9. The fraction of sp³-hybridized carbons (Fsp3) is 1.00. The zero-order valence-corrected chi connectivity index (χ0v) is 31.0. The van der Waals surface area contributed by atoms with Crippen molar-refractivity contribution in [2.45, 2.75) is 168 Å². The zero-order valence-electron chi connectivity index (χ0n) is 25.8. The highest BCUT2D eigenvalue weighted by atomic mass is 28.5. The molecule has 0 fully saturated rings. The number of unbranched alkanes of at least 4 members (excludes halogenated alkanes) is 13. The summed E-state index contributed by atoms with van der Waals surface area (Å²) in [7, 11) is -9.53. The smallest absolute Gasteiger partial charge is 0.317 e. The maximum absolute atomic E-state index is 6.84. The standard InChI is InChI=1S/C26H64O4Si5/c1-12-13-14-15-16-17-18-19-20-21-22-23-24-25-26-35(11,28-31(2)27-32(3,4)5)30-34(9,10)29-33(6,7)8/h31H,12-26H2,1-11H3. The molecule has 0 heterocycles. The van der Waals surface area contributed by atoms with Crippen LogP contribution in [-0.4, -0.2) is 43.0 Å². The van der Waals surface area contributed by atoms with Gasteiger partial charge in [0.1, 0.15) is 0 Å². The molecule has 2 unspecified atom stereocenters. The van der Waals surface area contributed by atoms with E-state index < -0.39 is 43.0 Å². The summed E-state index contributed by atoms with van der Waals surface area (Å²) in [6, 6.07) is 1.06. The van der Waals surface area contributed by atoms with Gasteiger partial charge < -0.3 is 16.5 Å². The lowest BCUT2D eigenvalue weighted by molar-refractivity contribution is 0.304. The van der Waals surface area contributed by atoms with E-state index in [1.165, 1.54) is 89.9 Å². The van der Waals surface area contributed by atoms with Crippen LogP contribution < -0.4 is 0 Å². The summed E-state index contributed by atoms with van der Waals surface area (Å²) >= 11 is 0. The van der Waals surface area contributed by atoms with E-state index in [-0.39, 0.29) is 0 Å². The van der Waals surface area contributed by atoms with Gasteiger partial charge in [0.15, 0.2) is 16.6 Å². The molecule has 212 valence electrons. The summed E-state index contributed by atoms with van der Waals surface area (Å²) in [6.07, 6.45) is 19.4. The molecule has 2 atom stereocenters. The van der Waals surface area contributed by atoms with E-state index in [4.69, 9.17) is 16.5 Å². The third kappa shape index (κ3) is 23.8. The van der Waals surface area contributed by atoms with Gasteiger partial charge in [-0.2, -0.15) is 0 Å². The lowest BCUT2D eigenvalue weighted by Crippen LogP contribution is -2.56. The van der Waals surface area contributed by atoms with Crippen molar-refractivity contribution in [1.29, 1.82) is 0 Å². The van der Waals surface area contributed by atoms with Crippen molar-refractivity contribution in [1.82, 2.24) is 0 Å². The van der Waals surface area contributed by atoms with Crippen molar-refractivity contribution < 1.29 is 16.5 Å². The fourth-order valence-electron chi connectivity index (χ4n) is 4.93. The Labute approximate surface area is 227 Å². The van der Waals surface area contributed by atoms with Crippen LogP contribution in [-0.2, 0) is 16.5 Å². The van der Waals surface area contributed by atoms with E-state index in [2.05, 4.69) is 72.4 Å². The predicted octanol–water partition coefficient (Wildman–Crippen LogP) is 9.83. The van der Waals surface area contributed by atoms with Gasteiger partial charge >= 0.3 is 17.1 Å². The highest BCUT2D eigenvalue weighted by molar-refractivity contribution is 6.88. The zero-order chi connectivity index (χ0) is 27.0. The van der Waals surface area contributed by atoms with Crippen LogP contribution in [0.15, 0.2) is 0 Å². The third-order valence-electron chi connectivity index (χ3n) is 5.93. The van der Waals surface area contributed by atoms with Gasteiger partial charge in [-0.1, -0.05) is 96.8 Å². The molecular weight excluding hydrogens is 517 g/mol. The largest absolute Gasteiger partial charge is 0.439 e. The molecule has 9 heteroatoms. The Bertz CT molecular complexity index is 523. The second kappa shape index (κ2) is 18.3. The van der Waals surface area contributed by atoms with Crippen molar-refractivity contribution in [2.75, 3.05) is 0 Å². The molecule has 0 spiro atoms. The van der Waals surface area contributed by atoms with Gasteiger partial charge in [-0.15, -0.1) is 0 Å². The summed E-state index contributed by atoms with van der Waals surface area (Å²) in [6.45, 7) is 24.7. The van der Waals surface area contributed by atoms with Gasteiger partial charge in [-0.05, 0) is 71.5 Å². The van der Waals surface area contributed by atoms with Crippen molar-refractivity contribution in [3.05, 3.63) is 0 Å². The molecule has 0 N–H and O–H groups in total. The Balaban J connectivity index is 4.38. The first-order chi connectivity index (χ1) is 16.1. The van der Waals surface area contributed by atoms with E-state index >= 15 is 0 Å². The highest BCUT2D eigenvalue weighted by Crippen LogP contribution is 2.27. The number of hydrogen-bond acceptors (Lipinski definition) is 4. The lowest BCUT2D eigenvalue weighted by atomic mass is 10.0. The quantitative estimate of drug-likeness (QED) is 0.0890. The SMILES string of the molecule is CCCCCCCCCCCCCCCC[Si](C)(O[SiH](C)O[Si](C)(C)C)O[Si](C)(C)O[Si](C)(C)C. The van der Waals surface area contributed by atoms with Gasteiger partial charge in [-0.25, -0.2) is 0 Å². The van der Waals surface area contributed by atoms with Crippen LogP contribution in [0.4, 0.5) is 0 Å². The van der Waals surface area contributed by atoms with Gasteiger partial charge in [0, 0.05) is 0 Å². The second-order valence-electron chi connectivity index (χ2n) is 13.1. The Hall–Kier alpha value is 0.924. The molecule has 0 aliphatic carbocycles. The van der Waals surface area contributed by atoms with E-state index in [1.54, 1.807) is 0 Å². The van der Waals surface area contributed by atoms with Crippen LogP contribution in [0.3, 0.4) is 0 Å². The summed E-state index contributed by atoms with van der Waals surface area (Å²) in [4.78, 5) is 0. The van der Waals surface area contributed by atoms with Crippen LogP contribution >= 0.6 is 0 Å². The van der Waals surface area contributed by atoms with Crippen LogP contribution in [0.2, 0.25) is 71.5 Å². The molecule has 0 rings (SSSR count). The molecule has 35 heavy (non-hydrogen) atoms. The maximum Gasteiger partial charge on any atom is 0.317 e. The molecule has 4 nitrogen and oxygen atoms in total. The van der Waals surface area contributed by atoms with Gasteiger partial charge in [0.25, 0.3) is 9.28 Å². The minimum absolute atomic E-state index is 1.06. The van der Waals surface area contributed by atoms with Crippen LogP contribution in [0.25, 0.3) is 0 Å². The van der Waals surface area contributed by atoms with Gasteiger partial charge in [0.2, 0.25) is 0 Å². The Kier molecular flexibility index (Phi) is 18.7. The minimum Gasteiger partial charge on any atom is -0.439 e. The Morgan fingerprint density at radius 3 is 1.26 bits per heavy atom. The van der Waals surface area contributed by atoms with Crippen molar-refractivity contribution in [2.24, 2.45) is 0 Å². The summed E-state index contributed by atoms with van der Waals surface area (Å²) in [5, 5.41) is 0. The molecule has 0 amide bonds. The van der Waals surface area contributed by atoms with E-state index in [9.17, 15) is 0 Å². The second-order valence-corrected chi connectivity index (χ2v) is 31.8.